The number of aryl methyl sites for hydroxylation is 2. The lowest BCUT2D eigenvalue weighted by Crippen LogP contribution is -2.28. The summed E-state index contributed by atoms with van der Waals surface area (Å²) < 4.78 is 6.04. The average molecular weight is 283 g/mol. The Labute approximate surface area is 127 Å². The molecule has 1 N–H and O–H groups in total. The highest BCUT2D eigenvalue weighted by Gasteiger charge is 2.13. The van der Waals surface area contributed by atoms with Crippen molar-refractivity contribution in [3.05, 3.63) is 47.2 Å². The number of fused-ring (bicyclic) bond motifs is 1. The van der Waals surface area contributed by atoms with Crippen LogP contribution in [0.25, 0.3) is 11.3 Å². The third-order valence-electron chi connectivity index (χ3n) is 4.29. The smallest absolute Gasteiger partial charge is 0.134 e. The maximum Gasteiger partial charge on any atom is 0.134 e. The van der Waals surface area contributed by atoms with Crippen molar-refractivity contribution in [2.75, 3.05) is 6.54 Å². The maximum atomic E-state index is 6.04. The zero-order chi connectivity index (χ0) is 14.7. The molecule has 1 aliphatic rings. The number of hydrogen-bond acceptors (Lipinski definition) is 2. The topological polar surface area (TPSA) is 25.2 Å². The molecule has 1 aromatic heterocycles. The first-order chi connectivity index (χ1) is 10.3. The molecular formula is C19H25NO. The molecule has 1 aromatic carbocycles. The molecule has 21 heavy (non-hydrogen) atoms. The lowest BCUT2D eigenvalue weighted by Gasteiger charge is -2.11. The summed E-state index contributed by atoms with van der Waals surface area (Å²) in [5.41, 5.74) is 4.24. The summed E-state index contributed by atoms with van der Waals surface area (Å²) in [4.78, 5) is 0. The first kappa shape index (κ1) is 14.4. The molecule has 2 aromatic rings. The van der Waals surface area contributed by atoms with Gasteiger partial charge in [0.1, 0.15) is 11.5 Å². The largest absolute Gasteiger partial charge is 0.461 e. The first-order valence-electron chi connectivity index (χ1n) is 8.20. The minimum Gasteiger partial charge on any atom is -0.461 e. The standard InChI is InChI=1S/C19H25NO/c1-3-11-20-14(2)12-18-9-10-19(21-18)17-8-7-15-5-4-6-16(15)13-17/h7-10,13-14,20H,3-6,11-12H2,1-2H3. The summed E-state index contributed by atoms with van der Waals surface area (Å²) in [7, 11) is 0. The van der Waals surface area contributed by atoms with E-state index in [0.717, 1.165) is 24.5 Å². The summed E-state index contributed by atoms with van der Waals surface area (Å²) in [5.74, 6) is 2.07. The van der Waals surface area contributed by atoms with E-state index in [4.69, 9.17) is 4.42 Å². The van der Waals surface area contributed by atoms with Crippen molar-refractivity contribution in [3.63, 3.8) is 0 Å². The van der Waals surface area contributed by atoms with Crippen LogP contribution < -0.4 is 5.32 Å². The van der Waals surface area contributed by atoms with E-state index in [1.54, 1.807) is 0 Å². The molecule has 1 heterocycles. The monoisotopic (exact) mass is 283 g/mol. The second-order valence-electron chi connectivity index (χ2n) is 6.16. The number of hydrogen-bond donors (Lipinski definition) is 1. The molecule has 0 spiro atoms. The van der Waals surface area contributed by atoms with Gasteiger partial charge < -0.3 is 9.73 Å². The number of nitrogens with one attached hydrogen (secondary N) is 1. The van der Waals surface area contributed by atoms with E-state index in [9.17, 15) is 0 Å². The van der Waals surface area contributed by atoms with Gasteiger partial charge in [0.25, 0.3) is 0 Å². The third-order valence-corrected chi connectivity index (χ3v) is 4.29. The van der Waals surface area contributed by atoms with Crippen LogP contribution >= 0.6 is 0 Å². The lowest BCUT2D eigenvalue weighted by atomic mass is 10.1. The predicted molar refractivity (Wildman–Crippen MR) is 87.6 cm³/mol. The van der Waals surface area contributed by atoms with Gasteiger partial charge in [0.05, 0.1) is 0 Å². The fraction of sp³-hybridized carbons (Fsp3) is 0.474. The highest BCUT2D eigenvalue weighted by Crippen LogP contribution is 2.29. The van der Waals surface area contributed by atoms with E-state index >= 15 is 0 Å². The number of benzene rings is 1. The van der Waals surface area contributed by atoms with Crippen LogP contribution in [0.2, 0.25) is 0 Å². The summed E-state index contributed by atoms with van der Waals surface area (Å²) in [6.45, 7) is 5.48. The van der Waals surface area contributed by atoms with Crippen molar-refractivity contribution in [1.82, 2.24) is 5.32 Å². The normalized spacial score (nSPS) is 15.1. The van der Waals surface area contributed by atoms with E-state index in [1.165, 1.54) is 42.4 Å². The van der Waals surface area contributed by atoms with Gasteiger partial charge in [-0.2, -0.15) is 0 Å². The molecule has 0 radical (unpaired) electrons. The highest BCUT2D eigenvalue weighted by molar-refractivity contribution is 5.60. The summed E-state index contributed by atoms with van der Waals surface area (Å²) in [6, 6.07) is 11.5. The fourth-order valence-corrected chi connectivity index (χ4v) is 3.13. The van der Waals surface area contributed by atoms with E-state index < -0.39 is 0 Å². The minimum atomic E-state index is 0.462. The molecule has 1 unspecified atom stereocenters. The van der Waals surface area contributed by atoms with Crippen molar-refractivity contribution in [2.45, 2.75) is 52.0 Å². The van der Waals surface area contributed by atoms with Crippen LogP contribution in [0.3, 0.4) is 0 Å². The van der Waals surface area contributed by atoms with Crippen LogP contribution in [-0.4, -0.2) is 12.6 Å². The summed E-state index contributed by atoms with van der Waals surface area (Å²) >= 11 is 0. The van der Waals surface area contributed by atoms with Gasteiger partial charge in [0.2, 0.25) is 0 Å². The van der Waals surface area contributed by atoms with Crippen LogP contribution in [0.4, 0.5) is 0 Å². The minimum absolute atomic E-state index is 0.462. The van der Waals surface area contributed by atoms with E-state index in [-0.39, 0.29) is 0 Å². The quantitative estimate of drug-likeness (QED) is 0.852. The van der Waals surface area contributed by atoms with Crippen LogP contribution in [0.1, 0.15) is 43.6 Å². The van der Waals surface area contributed by atoms with Crippen molar-refractivity contribution in [1.29, 1.82) is 0 Å². The Bertz CT molecular complexity index is 599. The Morgan fingerprint density at radius 1 is 1.14 bits per heavy atom. The average Bonchev–Trinajstić information content (AvgIpc) is 3.12. The van der Waals surface area contributed by atoms with Crippen molar-refractivity contribution >= 4 is 0 Å². The van der Waals surface area contributed by atoms with Crippen LogP contribution in [0, 0.1) is 0 Å². The van der Waals surface area contributed by atoms with Crippen LogP contribution in [-0.2, 0) is 19.3 Å². The van der Waals surface area contributed by atoms with Crippen molar-refractivity contribution in [3.8, 4) is 11.3 Å². The Kier molecular flexibility index (Phi) is 4.45. The van der Waals surface area contributed by atoms with E-state index in [2.05, 4.69) is 49.5 Å². The second-order valence-corrected chi connectivity index (χ2v) is 6.16. The Morgan fingerprint density at radius 3 is 2.86 bits per heavy atom. The first-order valence-corrected chi connectivity index (χ1v) is 8.20. The molecule has 3 rings (SSSR count). The van der Waals surface area contributed by atoms with E-state index in [1.807, 2.05) is 0 Å². The fourth-order valence-electron chi connectivity index (χ4n) is 3.13. The molecule has 1 atom stereocenters. The van der Waals surface area contributed by atoms with Crippen LogP contribution in [0.5, 0.6) is 0 Å². The molecule has 2 heteroatoms. The summed E-state index contributed by atoms with van der Waals surface area (Å²) in [6.07, 6.45) is 5.87. The Hall–Kier alpha value is -1.54. The molecule has 0 aliphatic heterocycles. The zero-order valence-electron chi connectivity index (χ0n) is 13.1. The molecule has 0 fully saturated rings. The second kappa shape index (κ2) is 6.48. The molecular weight excluding hydrogens is 258 g/mol. The lowest BCUT2D eigenvalue weighted by molar-refractivity contribution is 0.464. The van der Waals surface area contributed by atoms with Gasteiger partial charge in [-0.25, -0.2) is 0 Å². The van der Waals surface area contributed by atoms with Gasteiger partial charge in [-0.05, 0) is 68.5 Å². The van der Waals surface area contributed by atoms with Gasteiger partial charge >= 0.3 is 0 Å². The molecule has 0 bridgehead atoms. The predicted octanol–water partition coefficient (Wildman–Crippen LogP) is 4.37. The zero-order valence-corrected chi connectivity index (χ0v) is 13.1. The Morgan fingerprint density at radius 2 is 2.00 bits per heavy atom. The van der Waals surface area contributed by atoms with Crippen molar-refractivity contribution in [2.24, 2.45) is 0 Å². The van der Waals surface area contributed by atoms with Gasteiger partial charge in [0, 0.05) is 18.0 Å². The van der Waals surface area contributed by atoms with Gasteiger partial charge in [-0.3, -0.25) is 0 Å². The van der Waals surface area contributed by atoms with Gasteiger partial charge in [-0.15, -0.1) is 0 Å². The molecule has 0 saturated heterocycles. The molecule has 0 amide bonds. The molecule has 2 nitrogen and oxygen atoms in total. The van der Waals surface area contributed by atoms with Crippen molar-refractivity contribution < 1.29 is 4.42 Å². The van der Waals surface area contributed by atoms with E-state index in [0.29, 0.717) is 6.04 Å². The molecule has 1 aliphatic carbocycles. The highest BCUT2D eigenvalue weighted by atomic mass is 16.3. The molecule has 112 valence electrons. The molecule has 0 saturated carbocycles. The third kappa shape index (κ3) is 3.38. The number of rotatable bonds is 6. The number of furan rings is 1. The summed E-state index contributed by atoms with van der Waals surface area (Å²) in [5, 5.41) is 3.50. The maximum absolute atomic E-state index is 6.04. The SMILES string of the molecule is CCCNC(C)Cc1ccc(-c2ccc3c(c2)CCC3)o1. The van der Waals surface area contributed by atoms with Gasteiger partial charge in [0.15, 0.2) is 0 Å². The van der Waals surface area contributed by atoms with Gasteiger partial charge in [-0.1, -0.05) is 19.1 Å². The Balaban J connectivity index is 1.70. The van der Waals surface area contributed by atoms with Crippen LogP contribution in [0.15, 0.2) is 34.7 Å².